The largest absolute Gasteiger partial charge is 0.497 e. The van der Waals surface area contributed by atoms with Gasteiger partial charge in [0, 0.05) is 12.6 Å². The number of benzene rings is 2. The fraction of sp³-hybridized carbons (Fsp3) is 0.500. The first-order valence-corrected chi connectivity index (χ1v) is 11.5. The number of ether oxygens (including phenoxy) is 4. The fourth-order valence-corrected chi connectivity index (χ4v) is 4.26. The minimum Gasteiger partial charge on any atom is -0.497 e. The molecular formula is C26H36N2O5. The van der Waals surface area contributed by atoms with Crippen LogP contribution in [0.3, 0.4) is 0 Å². The Bertz CT molecular complexity index is 887. The van der Waals surface area contributed by atoms with E-state index in [1.807, 2.05) is 24.3 Å². The standard InChI is InChI=1S/C26H36N2O5/c1-30-22-13-20(14-23(16-22)31-2)6-5-19-9-11-28(12-10-19)18-26(29)27-17-21-7-8-24(32-3)25(15-21)33-4/h7-8,13-16,19H,5-6,9-12,17-18H2,1-4H3,(H,27,29). The van der Waals surface area contributed by atoms with Crippen LogP contribution in [0.4, 0.5) is 0 Å². The van der Waals surface area contributed by atoms with E-state index in [2.05, 4.69) is 22.3 Å². The Morgan fingerprint density at radius 2 is 1.55 bits per heavy atom. The SMILES string of the molecule is COc1cc(CCC2CCN(CC(=O)NCc3ccc(OC)c(OC)c3)CC2)cc(OC)c1. The van der Waals surface area contributed by atoms with E-state index in [-0.39, 0.29) is 5.91 Å². The smallest absolute Gasteiger partial charge is 0.234 e. The van der Waals surface area contributed by atoms with E-state index in [1.165, 1.54) is 5.56 Å². The van der Waals surface area contributed by atoms with Crippen LogP contribution in [0.15, 0.2) is 36.4 Å². The van der Waals surface area contributed by atoms with Crippen LogP contribution in [0.1, 0.15) is 30.4 Å². The molecule has 180 valence electrons. The van der Waals surface area contributed by atoms with E-state index in [4.69, 9.17) is 18.9 Å². The van der Waals surface area contributed by atoms with Gasteiger partial charge in [-0.25, -0.2) is 0 Å². The Labute approximate surface area is 197 Å². The monoisotopic (exact) mass is 456 g/mol. The zero-order valence-electron chi connectivity index (χ0n) is 20.2. The van der Waals surface area contributed by atoms with Crippen LogP contribution >= 0.6 is 0 Å². The van der Waals surface area contributed by atoms with Crippen molar-refractivity contribution < 1.29 is 23.7 Å². The van der Waals surface area contributed by atoms with Crippen LogP contribution in [-0.4, -0.2) is 58.9 Å². The quantitative estimate of drug-likeness (QED) is 0.556. The molecule has 1 aliphatic rings. The number of hydrogen-bond donors (Lipinski definition) is 1. The second kappa shape index (κ2) is 12.3. The van der Waals surface area contributed by atoms with Gasteiger partial charge in [-0.1, -0.05) is 6.07 Å². The number of carbonyl (C=O) groups is 1. The van der Waals surface area contributed by atoms with E-state index < -0.39 is 0 Å². The van der Waals surface area contributed by atoms with Crippen LogP contribution in [0, 0.1) is 5.92 Å². The Morgan fingerprint density at radius 1 is 0.879 bits per heavy atom. The minimum absolute atomic E-state index is 0.0479. The lowest BCUT2D eigenvalue weighted by Gasteiger charge is -2.31. The summed E-state index contributed by atoms with van der Waals surface area (Å²) in [4.78, 5) is 14.7. The second-order valence-corrected chi connectivity index (χ2v) is 8.45. The Kier molecular flexibility index (Phi) is 9.24. The molecule has 0 aliphatic carbocycles. The summed E-state index contributed by atoms with van der Waals surface area (Å²) in [5.74, 6) is 3.73. The number of carbonyl (C=O) groups excluding carboxylic acids is 1. The highest BCUT2D eigenvalue weighted by Gasteiger charge is 2.21. The van der Waals surface area contributed by atoms with Crippen molar-refractivity contribution in [2.24, 2.45) is 5.92 Å². The molecule has 0 radical (unpaired) electrons. The molecule has 0 unspecified atom stereocenters. The van der Waals surface area contributed by atoms with E-state index in [0.29, 0.717) is 30.5 Å². The number of amides is 1. The van der Waals surface area contributed by atoms with Crippen molar-refractivity contribution >= 4 is 5.91 Å². The number of methoxy groups -OCH3 is 4. The first-order valence-electron chi connectivity index (χ1n) is 11.5. The molecule has 0 saturated carbocycles. The van der Waals surface area contributed by atoms with Crippen molar-refractivity contribution in [3.8, 4) is 23.0 Å². The predicted octanol–water partition coefficient (Wildman–Crippen LogP) is 3.68. The van der Waals surface area contributed by atoms with Gasteiger partial charge in [0.05, 0.1) is 35.0 Å². The lowest BCUT2D eigenvalue weighted by Crippen LogP contribution is -2.41. The van der Waals surface area contributed by atoms with Gasteiger partial charge >= 0.3 is 0 Å². The Hall–Kier alpha value is -2.93. The van der Waals surface area contributed by atoms with Crippen LogP contribution in [0.2, 0.25) is 0 Å². The molecule has 1 saturated heterocycles. The van der Waals surface area contributed by atoms with Gasteiger partial charge in [0.2, 0.25) is 5.91 Å². The van der Waals surface area contributed by atoms with E-state index in [1.54, 1.807) is 28.4 Å². The molecule has 1 N–H and O–H groups in total. The molecule has 3 rings (SSSR count). The molecular weight excluding hydrogens is 420 g/mol. The van der Waals surface area contributed by atoms with E-state index >= 15 is 0 Å². The maximum absolute atomic E-state index is 12.4. The summed E-state index contributed by atoms with van der Waals surface area (Å²) in [6, 6.07) is 11.7. The number of likely N-dealkylation sites (tertiary alicyclic amines) is 1. The summed E-state index contributed by atoms with van der Waals surface area (Å²) in [7, 11) is 6.58. The molecule has 1 heterocycles. The first kappa shape index (κ1) is 24.7. The molecule has 0 aromatic heterocycles. The normalized spacial score (nSPS) is 14.5. The molecule has 1 fully saturated rings. The molecule has 0 atom stereocenters. The number of nitrogens with zero attached hydrogens (tertiary/aromatic N) is 1. The molecule has 33 heavy (non-hydrogen) atoms. The van der Waals surface area contributed by atoms with Gasteiger partial charge in [0.15, 0.2) is 11.5 Å². The first-order chi connectivity index (χ1) is 16.0. The van der Waals surface area contributed by atoms with Crippen LogP contribution in [0.25, 0.3) is 0 Å². The summed E-state index contributed by atoms with van der Waals surface area (Å²) >= 11 is 0. The topological polar surface area (TPSA) is 69.3 Å². The molecule has 7 nitrogen and oxygen atoms in total. The van der Waals surface area contributed by atoms with Gasteiger partial charge in [-0.05, 0) is 80.1 Å². The minimum atomic E-state index is 0.0479. The fourth-order valence-electron chi connectivity index (χ4n) is 4.26. The zero-order valence-corrected chi connectivity index (χ0v) is 20.2. The van der Waals surface area contributed by atoms with Crippen LogP contribution in [0.5, 0.6) is 23.0 Å². The maximum atomic E-state index is 12.4. The third kappa shape index (κ3) is 7.29. The highest BCUT2D eigenvalue weighted by atomic mass is 16.5. The molecule has 1 aliphatic heterocycles. The third-order valence-corrected chi connectivity index (χ3v) is 6.26. The molecule has 2 aromatic rings. The average Bonchev–Trinajstić information content (AvgIpc) is 2.86. The Morgan fingerprint density at radius 3 is 2.15 bits per heavy atom. The maximum Gasteiger partial charge on any atom is 0.234 e. The van der Waals surface area contributed by atoms with E-state index in [9.17, 15) is 4.79 Å². The Balaban J connectivity index is 1.39. The number of piperidine rings is 1. The summed E-state index contributed by atoms with van der Waals surface area (Å²) in [6.45, 7) is 2.82. The van der Waals surface area contributed by atoms with Gasteiger partial charge in [-0.2, -0.15) is 0 Å². The van der Waals surface area contributed by atoms with Gasteiger partial charge in [-0.15, -0.1) is 0 Å². The predicted molar refractivity (Wildman–Crippen MR) is 128 cm³/mol. The molecule has 1 amide bonds. The van der Waals surface area contributed by atoms with E-state index in [0.717, 1.165) is 55.8 Å². The summed E-state index contributed by atoms with van der Waals surface area (Å²) < 4.78 is 21.3. The number of aryl methyl sites for hydroxylation is 1. The summed E-state index contributed by atoms with van der Waals surface area (Å²) in [5.41, 5.74) is 2.22. The molecule has 2 aromatic carbocycles. The van der Waals surface area contributed by atoms with Crippen molar-refractivity contribution in [3.05, 3.63) is 47.5 Å². The van der Waals surface area contributed by atoms with Gasteiger partial charge < -0.3 is 24.3 Å². The molecule has 7 heteroatoms. The van der Waals surface area contributed by atoms with Crippen molar-refractivity contribution in [2.45, 2.75) is 32.2 Å². The van der Waals surface area contributed by atoms with Crippen LogP contribution < -0.4 is 24.3 Å². The molecule has 0 spiro atoms. The highest BCUT2D eigenvalue weighted by molar-refractivity contribution is 5.78. The lowest BCUT2D eigenvalue weighted by molar-refractivity contribution is -0.122. The van der Waals surface area contributed by atoms with Crippen molar-refractivity contribution in [1.82, 2.24) is 10.2 Å². The number of nitrogens with one attached hydrogen (secondary N) is 1. The second-order valence-electron chi connectivity index (χ2n) is 8.45. The van der Waals surface area contributed by atoms with Gasteiger partial charge in [-0.3, -0.25) is 9.69 Å². The average molecular weight is 457 g/mol. The summed E-state index contributed by atoms with van der Waals surface area (Å²) in [5, 5.41) is 3.01. The number of hydrogen-bond acceptors (Lipinski definition) is 6. The van der Waals surface area contributed by atoms with Gasteiger partial charge in [0.1, 0.15) is 11.5 Å². The van der Waals surface area contributed by atoms with Gasteiger partial charge in [0.25, 0.3) is 0 Å². The highest BCUT2D eigenvalue weighted by Crippen LogP contribution is 2.28. The van der Waals surface area contributed by atoms with Crippen molar-refractivity contribution in [1.29, 1.82) is 0 Å². The lowest BCUT2D eigenvalue weighted by atomic mass is 9.90. The van der Waals surface area contributed by atoms with Crippen molar-refractivity contribution in [2.75, 3.05) is 48.1 Å². The third-order valence-electron chi connectivity index (χ3n) is 6.26. The summed E-state index contributed by atoms with van der Waals surface area (Å²) in [6.07, 6.45) is 4.37. The number of rotatable bonds is 11. The van der Waals surface area contributed by atoms with Crippen LogP contribution in [-0.2, 0) is 17.8 Å². The van der Waals surface area contributed by atoms with Crippen molar-refractivity contribution in [3.63, 3.8) is 0 Å². The zero-order chi connectivity index (χ0) is 23.6. The molecule has 0 bridgehead atoms.